The van der Waals surface area contributed by atoms with E-state index in [1.54, 1.807) is 12.1 Å². The fourth-order valence-electron chi connectivity index (χ4n) is 4.74. The Kier molecular flexibility index (Phi) is 6.47. The van der Waals surface area contributed by atoms with Gasteiger partial charge in [0.25, 0.3) is 5.91 Å². The molecular weight excluding hydrogens is 428 g/mol. The Balaban J connectivity index is 1.34. The number of amides is 2. The molecule has 2 amide bonds. The van der Waals surface area contributed by atoms with E-state index in [4.69, 9.17) is 9.47 Å². The predicted molar refractivity (Wildman–Crippen MR) is 129 cm³/mol. The number of likely N-dealkylation sites (tertiary alicyclic amines) is 1. The summed E-state index contributed by atoms with van der Waals surface area (Å²) in [7, 11) is 0. The first-order valence-electron chi connectivity index (χ1n) is 11.8. The van der Waals surface area contributed by atoms with Gasteiger partial charge >= 0.3 is 0 Å². The molecule has 3 aromatic carbocycles. The molecule has 2 unspecified atom stereocenters. The first kappa shape index (κ1) is 22.0. The second-order valence-electron chi connectivity index (χ2n) is 8.66. The highest BCUT2D eigenvalue weighted by Crippen LogP contribution is 2.38. The van der Waals surface area contributed by atoms with Crippen molar-refractivity contribution in [2.75, 3.05) is 19.8 Å². The summed E-state index contributed by atoms with van der Waals surface area (Å²) in [6.07, 6.45) is 2.04. The summed E-state index contributed by atoms with van der Waals surface area (Å²) in [6.45, 7) is 1.78. The summed E-state index contributed by atoms with van der Waals surface area (Å²) in [5.74, 6) is 1.32. The Labute approximate surface area is 199 Å². The van der Waals surface area contributed by atoms with E-state index in [9.17, 15) is 9.59 Å². The maximum Gasteiger partial charge on any atom is 0.251 e. The van der Waals surface area contributed by atoms with E-state index >= 15 is 0 Å². The molecule has 3 aromatic rings. The van der Waals surface area contributed by atoms with Crippen LogP contribution in [0.1, 0.15) is 52.8 Å². The minimum Gasteiger partial charge on any atom is -0.486 e. The van der Waals surface area contributed by atoms with Crippen molar-refractivity contribution in [2.45, 2.75) is 31.3 Å². The van der Waals surface area contributed by atoms with Crippen LogP contribution in [0.15, 0.2) is 78.9 Å². The molecule has 6 nitrogen and oxygen atoms in total. The maximum absolute atomic E-state index is 13.5. The van der Waals surface area contributed by atoms with Crippen LogP contribution in [0.4, 0.5) is 0 Å². The van der Waals surface area contributed by atoms with Crippen molar-refractivity contribution in [2.24, 2.45) is 0 Å². The monoisotopic (exact) mass is 456 g/mol. The SMILES string of the molecule is O=C(NC(CC(=O)N1CCCC1c1ccc2c(c1)OCCO2)c1ccccc1)c1ccccc1. The maximum atomic E-state index is 13.5. The fraction of sp³-hybridized carbons (Fsp3) is 0.286. The topological polar surface area (TPSA) is 67.9 Å². The van der Waals surface area contributed by atoms with Gasteiger partial charge in [-0.3, -0.25) is 9.59 Å². The summed E-state index contributed by atoms with van der Waals surface area (Å²) < 4.78 is 11.4. The van der Waals surface area contributed by atoms with Crippen molar-refractivity contribution < 1.29 is 19.1 Å². The molecule has 34 heavy (non-hydrogen) atoms. The van der Waals surface area contributed by atoms with Gasteiger partial charge in [-0.1, -0.05) is 54.6 Å². The second kappa shape index (κ2) is 10.00. The summed E-state index contributed by atoms with van der Waals surface area (Å²) in [4.78, 5) is 28.4. The molecule has 5 rings (SSSR count). The van der Waals surface area contributed by atoms with Crippen molar-refractivity contribution in [1.82, 2.24) is 10.2 Å². The fourth-order valence-corrected chi connectivity index (χ4v) is 4.74. The second-order valence-corrected chi connectivity index (χ2v) is 8.66. The molecule has 0 aromatic heterocycles. The lowest BCUT2D eigenvalue weighted by Crippen LogP contribution is -2.36. The first-order valence-corrected chi connectivity index (χ1v) is 11.8. The third-order valence-electron chi connectivity index (χ3n) is 6.45. The lowest BCUT2D eigenvalue weighted by molar-refractivity contribution is -0.132. The zero-order valence-electron chi connectivity index (χ0n) is 19.0. The van der Waals surface area contributed by atoms with Gasteiger partial charge in [-0.2, -0.15) is 0 Å². The van der Waals surface area contributed by atoms with E-state index < -0.39 is 6.04 Å². The highest BCUT2D eigenvalue weighted by Gasteiger charge is 2.32. The number of rotatable bonds is 6. The average molecular weight is 457 g/mol. The van der Waals surface area contributed by atoms with Gasteiger partial charge in [0.1, 0.15) is 13.2 Å². The highest BCUT2D eigenvalue weighted by molar-refractivity contribution is 5.94. The van der Waals surface area contributed by atoms with Gasteiger partial charge in [-0.15, -0.1) is 0 Å². The molecule has 174 valence electrons. The molecule has 0 saturated carbocycles. The van der Waals surface area contributed by atoms with Gasteiger partial charge < -0.3 is 19.7 Å². The smallest absolute Gasteiger partial charge is 0.251 e. The van der Waals surface area contributed by atoms with Crippen molar-refractivity contribution in [3.63, 3.8) is 0 Å². The normalized spacial score (nSPS) is 17.8. The molecule has 2 heterocycles. The standard InChI is InChI=1S/C28H28N2O4/c31-27(30-15-7-12-24(30)22-13-14-25-26(18-22)34-17-16-33-25)19-23(20-8-3-1-4-9-20)29-28(32)21-10-5-2-6-11-21/h1-6,8-11,13-14,18,23-24H,7,12,15-17,19H2,(H,29,32). The average Bonchev–Trinajstić information content (AvgIpc) is 3.39. The van der Waals surface area contributed by atoms with Crippen LogP contribution in [0, 0.1) is 0 Å². The largest absolute Gasteiger partial charge is 0.486 e. The number of nitrogens with zero attached hydrogens (tertiary/aromatic N) is 1. The molecule has 0 spiro atoms. The number of fused-ring (bicyclic) bond motifs is 1. The summed E-state index contributed by atoms with van der Waals surface area (Å²) >= 11 is 0. The molecular formula is C28H28N2O4. The van der Waals surface area contributed by atoms with Crippen LogP contribution in [0.25, 0.3) is 0 Å². The molecule has 1 fully saturated rings. The number of nitrogens with one attached hydrogen (secondary N) is 1. The molecule has 6 heteroatoms. The van der Waals surface area contributed by atoms with E-state index in [2.05, 4.69) is 5.32 Å². The number of hydrogen-bond donors (Lipinski definition) is 1. The molecule has 0 radical (unpaired) electrons. The van der Waals surface area contributed by atoms with Crippen LogP contribution >= 0.6 is 0 Å². The van der Waals surface area contributed by atoms with Gasteiger partial charge in [0, 0.05) is 12.1 Å². The third-order valence-corrected chi connectivity index (χ3v) is 6.45. The van der Waals surface area contributed by atoms with Crippen molar-refractivity contribution in [1.29, 1.82) is 0 Å². The molecule has 0 aliphatic carbocycles. The van der Waals surface area contributed by atoms with Gasteiger partial charge in [0.05, 0.1) is 18.5 Å². The van der Waals surface area contributed by atoms with Crippen LogP contribution in [0.2, 0.25) is 0 Å². The molecule has 2 atom stereocenters. The number of hydrogen-bond acceptors (Lipinski definition) is 4. The Hall–Kier alpha value is -3.80. The quantitative estimate of drug-likeness (QED) is 0.585. The van der Waals surface area contributed by atoms with Crippen molar-refractivity contribution in [3.05, 3.63) is 95.6 Å². The number of ether oxygens (including phenoxy) is 2. The molecule has 1 saturated heterocycles. The molecule has 1 N–H and O–H groups in total. The lowest BCUT2D eigenvalue weighted by Gasteiger charge is -2.29. The summed E-state index contributed by atoms with van der Waals surface area (Å²) in [5.41, 5.74) is 2.54. The van der Waals surface area contributed by atoms with Crippen molar-refractivity contribution in [3.8, 4) is 11.5 Å². The van der Waals surface area contributed by atoms with E-state index in [1.807, 2.05) is 71.6 Å². The summed E-state index contributed by atoms with van der Waals surface area (Å²) in [6, 6.07) is 24.3. The predicted octanol–water partition coefficient (Wildman–Crippen LogP) is 4.68. The third kappa shape index (κ3) is 4.76. The van der Waals surface area contributed by atoms with Crippen LogP contribution in [0.3, 0.4) is 0 Å². The van der Waals surface area contributed by atoms with Gasteiger partial charge in [0.15, 0.2) is 11.5 Å². The lowest BCUT2D eigenvalue weighted by atomic mass is 10.0. The van der Waals surface area contributed by atoms with E-state index in [0.29, 0.717) is 25.3 Å². The summed E-state index contributed by atoms with van der Waals surface area (Å²) in [5, 5.41) is 3.08. The number of benzene rings is 3. The molecule has 2 aliphatic heterocycles. The van der Waals surface area contributed by atoms with Crippen LogP contribution in [-0.2, 0) is 4.79 Å². The Bertz CT molecular complexity index is 1150. The van der Waals surface area contributed by atoms with Crippen LogP contribution in [-0.4, -0.2) is 36.5 Å². The molecule has 0 bridgehead atoms. The first-order chi connectivity index (χ1) is 16.7. The Morgan fingerprint density at radius 1 is 0.912 bits per heavy atom. The highest BCUT2D eigenvalue weighted by atomic mass is 16.6. The molecule has 2 aliphatic rings. The van der Waals surface area contributed by atoms with Crippen LogP contribution < -0.4 is 14.8 Å². The van der Waals surface area contributed by atoms with E-state index in [1.165, 1.54) is 0 Å². The van der Waals surface area contributed by atoms with E-state index in [0.717, 1.165) is 35.5 Å². The van der Waals surface area contributed by atoms with Crippen LogP contribution in [0.5, 0.6) is 11.5 Å². The van der Waals surface area contributed by atoms with E-state index in [-0.39, 0.29) is 24.3 Å². The zero-order chi connectivity index (χ0) is 23.3. The number of carbonyl (C=O) groups is 2. The van der Waals surface area contributed by atoms with Gasteiger partial charge in [-0.05, 0) is 48.2 Å². The van der Waals surface area contributed by atoms with Gasteiger partial charge in [0.2, 0.25) is 5.91 Å². The minimum absolute atomic E-state index is 0.00965. The van der Waals surface area contributed by atoms with Gasteiger partial charge in [-0.25, -0.2) is 0 Å². The van der Waals surface area contributed by atoms with Crippen molar-refractivity contribution >= 4 is 11.8 Å². The Morgan fingerprint density at radius 2 is 1.62 bits per heavy atom. The Morgan fingerprint density at radius 3 is 2.38 bits per heavy atom. The minimum atomic E-state index is -0.414. The zero-order valence-corrected chi connectivity index (χ0v) is 19.0. The number of carbonyl (C=O) groups excluding carboxylic acids is 2.